The van der Waals surface area contributed by atoms with Crippen LogP contribution in [0.3, 0.4) is 0 Å². The van der Waals surface area contributed by atoms with Crippen LogP contribution in [0.5, 0.6) is 0 Å². The molecule has 2 atom stereocenters. The number of carboxylic acid groups (broad SMARTS) is 1. The monoisotopic (exact) mass is 247 g/mol. The van der Waals surface area contributed by atoms with Gasteiger partial charge in [-0.1, -0.05) is 13.8 Å². The third-order valence-corrected chi connectivity index (χ3v) is 3.45. The van der Waals surface area contributed by atoms with Gasteiger partial charge in [-0.05, 0) is 36.5 Å². The van der Waals surface area contributed by atoms with Crippen molar-refractivity contribution in [3.05, 3.63) is 23.8 Å². The largest absolute Gasteiger partial charge is 0.545 e. The fraction of sp³-hybridized carbons (Fsp3) is 0.500. The van der Waals surface area contributed by atoms with Crippen molar-refractivity contribution in [1.82, 2.24) is 0 Å². The number of carbonyl (C=O) groups is 1. The molecule has 1 fully saturated rings. The molecular weight excluding hydrogens is 228 g/mol. The van der Waals surface area contributed by atoms with E-state index in [4.69, 9.17) is 5.73 Å². The van der Waals surface area contributed by atoms with Crippen molar-refractivity contribution in [2.45, 2.75) is 20.3 Å². The zero-order chi connectivity index (χ0) is 13.3. The van der Waals surface area contributed by atoms with E-state index in [2.05, 4.69) is 18.7 Å². The maximum atomic E-state index is 11.2. The first-order chi connectivity index (χ1) is 8.47. The maximum absolute atomic E-state index is 11.2. The second-order valence-electron chi connectivity index (χ2n) is 5.42. The summed E-state index contributed by atoms with van der Waals surface area (Å²) < 4.78 is 0. The van der Waals surface area contributed by atoms with Crippen molar-refractivity contribution in [2.24, 2.45) is 11.8 Å². The van der Waals surface area contributed by atoms with Gasteiger partial charge in [-0.15, -0.1) is 0 Å². The van der Waals surface area contributed by atoms with Crippen molar-refractivity contribution < 1.29 is 9.90 Å². The van der Waals surface area contributed by atoms with Gasteiger partial charge in [0, 0.05) is 30.0 Å². The van der Waals surface area contributed by atoms with Crippen LogP contribution in [0.15, 0.2) is 18.2 Å². The lowest BCUT2D eigenvalue weighted by Crippen LogP contribution is -2.40. The molecule has 2 rings (SSSR count). The molecule has 0 radical (unpaired) electrons. The summed E-state index contributed by atoms with van der Waals surface area (Å²) in [6, 6.07) is 5.01. The molecule has 1 aromatic carbocycles. The van der Waals surface area contributed by atoms with Crippen molar-refractivity contribution >= 4 is 17.3 Å². The number of piperidine rings is 1. The van der Waals surface area contributed by atoms with Crippen molar-refractivity contribution in [3.63, 3.8) is 0 Å². The molecule has 1 aromatic rings. The third-order valence-electron chi connectivity index (χ3n) is 3.45. The van der Waals surface area contributed by atoms with Crippen LogP contribution in [0, 0.1) is 11.8 Å². The van der Waals surface area contributed by atoms with Gasteiger partial charge in [0.15, 0.2) is 0 Å². The van der Waals surface area contributed by atoms with E-state index < -0.39 is 5.97 Å². The van der Waals surface area contributed by atoms with Crippen LogP contribution in [0.2, 0.25) is 0 Å². The highest BCUT2D eigenvalue weighted by molar-refractivity contribution is 5.94. The zero-order valence-corrected chi connectivity index (χ0v) is 10.8. The molecule has 1 aliphatic rings. The summed E-state index contributed by atoms with van der Waals surface area (Å²) in [4.78, 5) is 13.3. The lowest BCUT2D eigenvalue weighted by molar-refractivity contribution is -0.254. The minimum absolute atomic E-state index is 0.191. The molecule has 1 heterocycles. The summed E-state index contributed by atoms with van der Waals surface area (Å²) in [6.45, 7) is 6.15. The second-order valence-corrected chi connectivity index (χ2v) is 5.42. The van der Waals surface area contributed by atoms with Crippen LogP contribution >= 0.6 is 0 Å². The number of hydrogen-bond acceptors (Lipinski definition) is 4. The van der Waals surface area contributed by atoms with Gasteiger partial charge in [0.1, 0.15) is 0 Å². The van der Waals surface area contributed by atoms with Crippen LogP contribution in [0.1, 0.15) is 30.6 Å². The lowest BCUT2D eigenvalue weighted by Gasteiger charge is -2.37. The summed E-state index contributed by atoms with van der Waals surface area (Å²) >= 11 is 0. The quantitative estimate of drug-likeness (QED) is 0.795. The van der Waals surface area contributed by atoms with Crippen molar-refractivity contribution in [1.29, 1.82) is 0 Å². The number of nitrogen functional groups attached to an aromatic ring is 1. The Morgan fingerprint density at radius 2 is 1.94 bits per heavy atom. The Hall–Kier alpha value is -1.71. The smallest absolute Gasteiger partial charge is 0.0736 e. The summed E-state index contributed by atoms with van der Waals surface area (Å²) in [5.41, 5.74) is 7.01. The Morgan fingerprint density at radius 3 is 2.50 bits per heavy atom. The molecular formula is C14H19N2O2-. The Kier molecular flexibility index (Phi) is 3.45. The molecule has 4 heteroatoms. The normalized spacial score (nSPS) is 24.0. The third kappa shape index (κ3) is 2.58. The average Bonchev–Trinajstić information content (AvgIpc) is 2.27. The number of nitrogens with two attached hydrogens (primary N) is 1. The molecule has 98 valence electrons. The molecule has 0 spiro atoms. The van der Waals surface area contributed by atoms with E-state index in [0.29, 0.717) is 17.5 Å². The van der Waals surface area contributed by atoms with Crippen molar-refractivity contribution in [3.8, 4) is 0 Å². The zero-order valence-electron chi connectivity index (χ0n) is 10.8. The molecule has 1 saturated heterocycles. The molecule has 0 bridgehead atoms. The van der Waals surface area contributed by atoms with Crippen LogP contribution in [0.25, 0.3) is 0 Å². The van der Waals surface area contributed by atoms with E-state index in [1.807, 2.05) is 0 Å². The summed E-state index contributed by atoms with van der Waals surface area (Å²) in [5, 5.41) is 11.2. The molecule has 18 heavy (non-hydrogen) atoms. The topological polar surface area (TPSA) is 69.4 Å². The standard InChI is InChI=1S/C14H20N2O2/c1-9-5-10(2)8-16(7-9)13-4-3-11(15)6-12(13)14(17)18/h3-4,6,9-10H,5,7-8,15H2,1-2H3,(H,17,18)/p-1/t9-,10-/m0/s1. The van der Waals surface area contributed by atoms with Crippen molar-refractivity contribution in [2.75, 3.05) is 23.7 Å². The van der Waals surface area contributed by atoms with E-state index in [-0.39, 0.29) is 5.56 Å². The number of benzene rings is 1. The number of aromatic carboxylic acids is 1. The van der Waals surface area contributed by atoms with E-state index in [9.17, 15) is 9.90 Å². The van der Waals surface area contributed by atoms with Gasteiger partial charge in [-0.2, -0.15) is 0 Å². The second kappa shape index (κ2) is 4.88. The molecule has 0 unspecified atom stereocenters. The minimum Gasteiger partial charge on any atom is -0.545 e. The number of nitrogens with zero attached hydrogens (tertiary/aromatic N) is 1. The van der Waals surface area contributed by atoms with Gasteiger partial charge in [0.05, 0.1) is 5.97 Å². The molecule has 0 aromatic heterocycles. The highest BCUT2D eigenvalue weighted by Crippen LogP contribution is 2.29. The number of carbonyl (C=O) groups excluding carboxylic acids is 1. The van der Waals surface area contributed by atoms with Crippen LogP contribution in [-0.4, -0.2) is 19.1 Å². The van der Waals surface area contributed by atoms with E-state index in [1.54, 1.807) is 12.1 Å². The molecule has 0 amide bonds. The Labute approximate surface area is 107 Å². The number of anilines is 2. The maximum Gasteiger partial charge on any atom is 0.0736 e. The van der Waals surface area contributed by atoms with Gasteiger partial charge in [-0.3, -0.25) is 0 Å². The summed E-state index contributed by atoms with van der Waals surface area (Å²) in [7, 11) is 0. The van der Waals surface area contributed by atoms with Gasteiger partial charge in [0.25, 0.3) is 0 Å². The van der Waals surface area contributed by atoms with E-state index in [1.165, 1.54) is 12.5 Å². The first-order valence-corrected chi connectivity index (χ1v) is 6.33. The van der Waals surface area contributed by atoms with E-state index in [0.717, 1.165) is 18.8 Å². The number of carboxylic acids is 1. The number of rotatable bonds is 2. The predicted molar refractivity (Wildman–Crippen MR) is 70.3 cm³/mol. The number of hydrogen-bond donors (Lipinski definition) is 1. The fourth-order valence-corrected chi connectivity index (χ4v) is 2.85. The first-order valence-electron chi connectivity index (χ1n) is 6.33. The Morgan fingerprint density at radius 1 is 1.33 bits per heavy atom. The molecule has 0 saturated carbocycles. The fourth-order valence-electron chi connectivity index (χ4n) is 2.85. The predicted octanol–water partition coefficient (Wildman–Crippen LogP) is 1.11. The van der Waals surface area contributed by atoms with Crippen LogP contribution < -0.4 is 15.7 Å². The van der Waals surface area contributed by atoms with Gasteiger partial charge < -0.3 is 20.5 Å². The summed E-state index contributed by atoms with van der Waals surface area (Å²) in [5.74, 6) is -0.0232. The first kappa shape index (κ1) is 12.7. The molecule has 4 nitrogen and oxygen atoms in total. The van der Waals surface area contributed by atoms with Crippen LogP contribution in [-0.2, 0) is 0 Å². The highest BCUT2D eigenvalue weighted by atomic mass is 16.4. The molecule has 0 aliphatic carbocycles. The van der Waals surface area contributed by atoms with E-state index >= 15 is 0 Å². The van der Waals surface area contributed by atoms with Gasteiger partial charge >= 0.3 is 0 Å². The highest BCUT2D eigenvalue weighted by Gasteiger charge is 2.23. The van der Waals surface area contributed by atoms with Gasteiger partial charge in [0.2, 0.25) is 0 Å². The molecule has 1 aliphatic heterocycles. The minimum atomic E-state index is -1.16. The molecule has 2 N–H and O–H groups in total. The Bertz CT molecular complexity index is 449. The van der Waals surface area contributed by atoms with Crippen LogP contribution in [0.4, 0.5) is 11.4 Å². The SMILES string of the molecule is C[C@H]1C[C@H](C)CN(c2ccc(N)cc2C(=O)[O-])C1. The van der Waals surface area contributed by atoms with Gasteiger partial charge in [-0.25, -0.2) is 0 Å². The lowest BCUT2D eigenvalue weighted by atomic mass is 9.91. The average molecular weight is 247 g/mol. The summed E-state index contributed by atoms with van der Waals surface area (Å²) in [6.07, 6.45) is 1.19. The Balaban J connectivity index is 2.35.